The van der Waals surface area contributed by atoms with Crippen molar-refractivity contribution in [1.82, 2.24) is 5.32 Å². The predicted molar refractivity (Wildman–Crippen MR) is 71.9 cm³/mol. The van der Waals surface area contributed by atoms with Crippen LogP contribution in [0.4, 0.5) is 5.69 Å². The number of nitrogens with one attached hydrogen (secondary N) is 1. The van der Waals surface area contributed by atoms with E-state index in [1.807, 2.05) is 0 Å². The second-order valence-electron chi connectivity index (χ2n) is 4.43. The van der Waals surface area contributed by atoms with Crippen LogP contribution in [-0.4, -0.2) is 24.6 Å². The molecule has 6 heteroatoms. The highest BCUT2D eigenvalue weighted by Crippen LogP contribution is 2.26. The minimum absolute atomic E-state index is 0.0427. The van der Waals surface area contributed by atoms with E-state index in [1.165, 1.54) is 12.1 Å². The Hall–Kier alpha value is -1.14. The van der Waals surface area contributed by atoms with Crippen molar-refractivity contribution in [2.24, 2.45) is 5.92 Å². The third kappa shape index (κ3) is 3.68. The van der Waals surface area contributed by atoms with Crippen molar-refractivity contribution in [3.63, 3.8) is 0 Å². The Balaban J connectivity index is 1.97. The third-order valence-electron chi connectivity index (χ3n) is 2.95. The first kappa shape index (κ1) is 13.3. The predicted octanol–water partition coefficient (Wildman–Crippen LogP) is 2.74. The van der Waals surface area contributed by atoms with Gasteiger partial charge in [-0.3, -0.25) is 10.1 Å². The maximum absolute atomic E-state index is 10.7. The summed E-state index contributed by atoms with van der Waals surface area (Å²) in [6, 6.07) is 4.68. The number of non-ortho nitro benzene ring substituents is 1. The molecule has 0 aromatic heterocycles. The molecule has 0 amide bonds. The van der Waals surface area contributed by atoms with Gasteiger partial charge in [-0.25, -0.2) is 0 Å². The van der Waals surface area contributed by atoms with Gasteiger partial charge < -0.3 is 10.1 Å². The molecule has 1 fully saturated rings. The topological polar surface area (TPSA) is 64.4 Å². The number of hydrogen-bond donors (Lipinski definition) is 1. The highest BCUT2D eigenvalue weighted by Gasteiger charge is 2.15. The van der Waals surface area contributed by atoms with Gasteiger partial charge in [0.15, 0.2) is 0 Å². The molecular weight excluding hydrogens is 300 g/mol. The van der Waals surface area contributed by atoms with Crippen LogP contribution in [0, 0.1) is 16.0 Å². The van der Waals surface area contributed by atoms with Gasteiger partial charge in [0.2, 0.25) is 0 Å². The Bertz CT molecular complexity index is 433. The number of nitrogens with zero attached hydrogens (tertiary/aromatic N) is 1. The average Bonchev–Trinajstić information content (AvgIpc) is 2.37. The largest absolute Gasteiger partial charge is 0.493 e. The lowest BCUT2D eigenvalue weighted by molar-refractivity contribution is -0.385. The van der Waals surface area contributed by atoms with Crippen LogP contribution in [0.5, 0.6) is 5.75 Å². The molecule has 1 atom stereocenters. The molecule has 1 aromatic rings. The number of rotatable bonds is 4. The second-order valence-corrected chi connectivity index (χ2v) is 5.34. The molecule has 1 aliphatic heterocycles. The SMILES string of the molecule is O=[N+]([O-])c1cc(Br)cc(OCC2CCCNC2)c1. The normalized spacial score (nSPS) is 19.5. The Labute approximate surface area is 114 Å². The van der Waals surface area contributed by atoms with Crippen molar-refractivity contribution in [1.29, 1.82) is 0 Å². The molecule has 1 N–H and O–H groups in total. The van der Waals surface area contributed by atoms with Crippen LogP contribution in [0.3, 0.4) is 0 Å². The first-order chi connectivity index (χ1) is 8.65. The smallest absolute Gasteiger partial charge is 0.274 e. The highest BCUT2D eigenvalue weighted by atomic mass is 79.9. The van der Waals surface area contributed by atoms with Gasteiger partial charge in [-0.2, -0.15) is 0 Å². The summed E-state index contributed by atoms with van der Waals surface area (Å²) >= 11 is 3.25. The molecule has 5 nitrogen and oxygen atoms in total. The average molecular weight is 315 g/mol. The van der Waals surface area contributed by atoms with Crippen LogP contribution < -0.4 is 10.1 Å². The van der Waals surface area contributed by atoms with Crippen molar-refractivity contribution in [3.8, 4) is 5.75 Å². The number of halogens is 1. The molecule has 2 rings (SSSR count). The summed E-state index contributed by atoms with van der Waals surface area (Å²) in [5, 5.41) is 14.0. The van der Waals surface area contributed by atoms with Gasteiger partial charge in [0.25, 0.3) is 5.69 Å². The highest BCUT2D eigenvalue weighted by molar-refractivity contribution is 9.10. The molecule has 1 heterocycles. The third-order valence-corrected chi connectivity index (χ3v) is 3.41. The fraction of sp³-hybridized carbons (Fsp3) is 0.500. The fourth-order valence-corrected chi connectivity index (χ4v) is 2.48. The van der Waals surface area contributed by atoms with E-state index in [0.29, 0.717) is 22.7 Å². The van der Waals surface area contributed by atoms with Crippen LogP contribution in [-0.2, 0) is 0 Å². The zero-order chi connectivity index (χ0) is 13.0. The van der Waals surface area contributed by atoms with Gasteiger partial charge in [-0.05, 0) is 25.5 Å². The first-order valence-corrected chi connectivity index (χ1v) is 6.73. The fourth-order valence-electron chi connectivity index (χ4n) is 2.02. The molecular formula is C12H15BrN2O3. The van der Waals surface area contributed by atoms with Crippen LogP contribution in [0.25, 0.3) is 0 Å². The van der Waals surface area contributed by atoms with Crippen LogP contribution in [0.15, 0.2) is 22.7 Å². The van der Waals surface area contributed by atoms with E-state index in [4.69, 9.17) is 4.74 Å². The van der Waals surface area contributed by atoms with Gasteiger partial charge in [-0.1, -0.05) is 15.9 Å². The maximum Gasteiger partial charge on any atom is 0.274 e. The summed E-state index contributed by atoms with van der Waals surface area (Å²) in [6.45, 7) is 2.62. The molecule has 1 unspecified atom stereocenters. The Morgan fingerprint density at radius 1 is 1.50 bits per heavy atom. The first-order valence-electron chi connectivity index (χ1n) is 5.93. The Kier molecular flexibility index (Phi) is 4.54. The van der Waals surface area contributed by atoms with Crippen LogP contribution in [0.1, 0.15) is 12.8 Å². The van der Waals surface area contributed by atoms with E-state index in [0.717, 1.165) is 25.9 Å². The van der Waals surface area contributed by atoms with Crippen molar-refractivity contribution in [2.45, 2.75) is 12.8 Å². The molecule has 0 aliphatic carbocycles. The lowest BCUT2D eigenvalue weighted by Gasteiger charge is -2.22. The molecule has 0 spiro atoms. The monoisotopic (exact) mass is 314 g/mol. The molecule has 1 saturated heterocycles. The van der Waals surface area contributed by atoms with E-state index in [1.54, 1.807) is 6.07 Å². The molecule has 0 radical (unpaired) electrons. The summed E-state index contributed by atoms with van der Waals surface area (Å²) in [6.07, 6.45) is 2.30. The number of piperidine rings is 1. The van der Waals surface area contributed by atoms with Gasteiger partial charge in [0.1, 0.15) is 5.75 Å². The van der Waals surface area contributed by atoms with Crippen molar-refractivity contribution in [3.05, 3.63) is 32.8 Å². The summed E-state index contributed by atoms with van der Waals surface area (Å²) in [4.78, 5) is 10.3. The Morgan fingerprint density at radius 3 is 3.00 bits per heavy atom. The van der Waals surface area contributed by atoms with E-state index in [-0.39, 0.29) is 5.69 Å². The number of nitro groups is 1. The van der Waals surface area contributed by atoms with Gasteiger partial charge in [0, 0.05) is 23.0 Å². The van der Waals surface area contributed by atoms with Crippen molar-refractivity contribution < 1.29 is 9.66 Å². The quantitative estimate of drug-likeness (QED) is 0.685. The Morgan fingerprint density at radius 2 is 2.33 bits per heavy atom. The van der Waals surface area contributed by atoms with E-state index in [9.17, 15) is 10.1 Å². The number of nitro benzene ring substituents is 1. The lowest BCUT2D eigenvalue weighted by atomic mass is 10.0. The van der Waals surface area contributed by atoms with Gasteiger partial charge in [0.05, 0.1) is 17.6 Å². The molecule has 0 saturated carbocycles. The number of benzene rings is 1. The minimum atomic E-state index is -0.417. The second kappa shape index (κ2) is 6.15. The van der Waals surface area contributed by atoms with E-state index < -0.39 is 4.92 Å². The van der Waals surface area contributed by atoms with E-state index >= 15 is 0 Å². The van der Waals surface area contributed by atoms with E-state index in [2.05, 4.69) is 21.2 Å². The lowest BCUT2D eigenvalue weighted by Crippen LogP contribution is -2.33. The molecule has 1 aliphatic rings. The standard InChI is InChI=1S/C12H15BrN2O3/c13-10-4-11(15(16)17)6-12(5-10)18-8-9-2-1-3-14-7-9/h4-6,9,14H,1-3,7-8H2. The summed E-state index contributed by atoms with van der Waals surface area (Å²) in [7, 11) is 0. The minimum Gasteiger partial charge on any atom is -0.493 e. The van der Waals surface area contributed by atoms with Gasteiger partial charge in [-0.15, -0.1) is 0 Å². The molecule has 18 heavy (non-hydrogen) atoms. The molecule has 0 bridgehead atoms. The number of ether oxygens (including phenoxy) is 1. The summed E-state index contributed by atoms with van der Waals surface area (Å²) < 4.78 is 6.30. The van der Waals surface area contributed by atoms with Gasteiger partial charge >= 0.3 is 0 Å². The van der Waals surface area contributed by atoms with Crippen LogP contribution in [0.2, 0.25) is 0 Å². The zero-order valence-electron chi connectivity index (χ0n) is 9.89. The summed E-state index contributed by atoms with van der Waals surface area (Å²) in [5.41, 5.74) is 0.0427. The van der Waals surface area contributed by atoms with Crippen LogP contribution >= 0.6 is 15.9 Å². The summed E-state index contributed by atoms with van der Waals surface area (Å²) in [5.74, 6) is 1.03. The molecule has 98 valence electrons. The molecule has 1 aromatic carbocycles. The van der Waals surface area contributed by atoms with Crippen molar-refractivity contribution >= 4 is 21.6 Å². The zero-order valence-corrected chi connectivity index (χ0v) is 11.5. The number of hydrogen-bond acceptors (Lipinski definition) is 4. The van der Waals surface area contributed by atoms with Crippen molar-refractivity contribution in [2.75, 3.05) is 19.7 Å². The maximum atomic E-state index is 10.7.